The van der Waals surface area contributed by atoms with Crippen molar-refractivity contribution in [2.75, 3.05) is 13.3 Å². The van der Waals surface area contributed by atoms with E-state index < -0.39 is 5.91 Å². The van der Waals surface area contributed by atoms with Gasteiger partial charge in [-0.2, -0.15) is 0 Å². The molecule has 4 rings (SSSR count). The van der Waals surface area contributed by atoms with Crippen molar-refractivity contribution in [3.05, 3.63) is 63.0 Å². The Kier molecular flexibility index (Phi) is 7.31. The zero-order chi connectivity index (χ0) is 23.4. The summed E-state index contributed by atoms with van der Waals surface area (Å²) in [6, 6.07) is 12.2. The second-order valence-electron chi connectivity index (χ2n) is 7.06. The monoisotopic (exact) mass is 547 g/mol. The van der Waals surface area contributed by atoms with E-state index in [9.17, 15) is 14.4 Å². The lowest BCUT2D eigenvalue weighted by atomic mass is 10.2. The number of thiocarbonyl (C=S) groups is 1. The summed E-state index contributed by atoms with van der Waals surface area (Å²) >= 11 is 9.86. The molecule has 1 fully saturated rings. The van der Waals surface area contributed by atoms with E-state index in [2.05, 4.69) is 26.8 Å². The molecule has 1 saturated heterocycles. The van der Waals surface area contributed by atoms with E-state index in [1.165, 1.54) is 16.7 Å². The zero-order valence-electron chi connectivity index (χ0n) is 17.1. The third-order valence-corrected chi connectivity index (χ3v) is 6.68. The summed E-state index contributed by atoms with van der Waals surface area (Å²) < 4.78 is 12.0. The quantitative estimate of drug-likeness (QED) is 0.324. The second kappa shape index (κ2) is 10.4. The molecule has 11 heteroatoms. The molecule has 3 amide bonds. The SMILES string of the molecule is O=C(CCCN1C(=O)C(=Cc2ccc3c(c2)OCO3)SC1=S)NNC(=O)c1ccc(Br)cc1. The van der Waals surface area contributed by atoms with E-state index >= 15 is 0 Å². The van der Waals surface area contributed by atoms with Crippen LogP contribution in [0.5, 0.6) is 11.5 Å². The molecule has 2 aliphatic heterocycles. The summed E-state index contributed by atoms with van der Waals surface area (Å²) in [6.45, 7) is 0.486. The first-order valence-corrected chi connectivity index (χ1v) is 11.9. The van der Waals surface area contributed by atoms with Crippen molar-refractivity contribution >= 4 is 68.0 Å². The number of nitrogens with one attached hydrogen (secondary N) is 2. The van der Waals surface area contributed by atoms with Gasteiger partial charge in [0.15, 0.2) is 11.5 Å². The molecule has 0 aliphatic carbocycles. The van der Waals surface area contributed by atoms with Crippen molar-refractivity contribution in [3.63, 3.8) is 0 Å². The van der Waals surface area contributed by atoms with Gasteiger partial charge in [0.25, 0.3) is 11.8 Å². The minimum Gasteiger partial charge on any atom is -0.454 e. The highest BCUT2D eigenvalue weighted by atomic mass is 79.9. The molecule has 2 aromatic carbocycles. The Bertz CT molecular complexity index is 1150. The Hall–Kier alpha value is -2.89. The smallest absolute Gasteiger partial charge is 0.269 e. The Labute approximate surface area is 207 Å². The van der Waals surface area contributed by atoms with Crippen molar-refractivity contribution in [2.45, 2.75) is 12.8 Å². The molecule has 8 nitrogen and oxygen atoms in total. The number of benzene rings is 2. The third kappa shape index (κ3) is 5.73. The van der Waals surface area contributed by atoms with E-state index in [1.807, 2.05) is 12.1 Å². The van der Waals surface area contributed by atoms with Crippen molar-refractivity contribution in [1.82, 2.24) is 15.8 Å². The van der Waals surface area contributed by atoms with E-state index in [4.69, 9.17) is 21.7 Å². The van der Waals surface area contributed by atoms with E-state index in [1.54, 1.807) is 36.4 Å². The van der Waals surface area contributed by atoms with Gasteiger partial charge in [0, 0.05) is 23.0 Å². The van der Waals surface area contributed by atoms with Gasteiger partial charge in [-0.3, -0.25) is 30.1 Å². The van der Waals surface area contributed by atoms with E-state index in [-0.39, 0.29) is 25.0 Å². The van der Waals surface area contributed by atoms with Crippen LogP contribution in [0.2, 0.25) is 0 Å². The predicted octanol–water partition coefficient (Wildman–Crippen LogP) is 3.62. The summed E-state index contributed by atoms with van der Waals surface area (Å²) in [7, 11) is 0. The third-order valence-electron chi connectivity index (χ3n) is 4.78. The van der Waals surface area contributed by atoms with Crippen LogP contribution in [0.25, 0.3) is 6.08 Å². The number of nitrogens with zero attached hydrogens (tertiary/aromatic N) is 1. The van der Waals surface area contributed by atoms with Crippen LogP contribution in [0.3, 0.4) is 0 Å². The van der Waals surface area contributed by atoms with Crippen LogP contribution in [0.4, 0.5) is 0 Å². The Morgan fingerprint density at radius 3 is 2.67 bits per heavy atom. The van der Waals surface area contributed by atoms with Crippen LogP contribution in [0, 0.1) is 0 Å². The van der Waals surface area contributed by atoms with Gasteiger partial charge in [0.05, 0.1) is 4.91 Å². The van der Waals surface area contributed by atoms with Crippen LogP contribution in [0.15, 0.2) is 51.8 Å². The Balaban J connectivity index is 1.25. The number of hydrogen-bond acceptors (Lipinski definition) is 7. The molecule has 0 atom stereocenters. The number of ether oxygens (including phenoxy) is 2. The van der Waals surface area contributed by atoms with Crippen molar-refractivity contribution < 1.29 is 23.9 Å². The average Bonchev–Trinajstić information content (AvgIpc) is 3.37. The van der Waals surface area contributed by atoms with E-state index in [0.29, 0.717) is 39.3 Å². The van der Waals surface area contributed by atoms with Gasteiger partial charge in [-0.15, -0.1) is 0 Å². The molecular weight excluding hydrogens is 530 g/mol. The summed E-state index contributed by atoms with van der Waals surface area (Å²) in [5, 5.41) is 0. The fourth-order valence-electron chi connectivity index (χ4n) is 3.11. The van der Waals surface area contributed by atoms with Crippen LogP contribution in [0.1, 0.15) is 28.8 Å². The van der Waals surface area contributed by atoms with Crippen LogP contribution >= 0.6 is 39.9 Å². The lowest BCUT2D eigenvalue weighted by Crippen LogP contribution is -2.41. The van der Waals surface area contributed by atoms with Crippen molar-refractivity contribution in [3.8, 4) is 11.5 Å². The number of hydrogen-bond donors (Lipinski definition) is 2. The highest BCUT2D eigenvalue weighted by Gasteiger charge is 2.31. The summed E-state index contributed by atoms with van der Waals surface area (Å²) in [6.07, 6.45) is 2.27. The van der Waals surface area contributed by atoms with Crippen molar-refractivity contribution in [1.29, 1.82) is 0 Å². The van der Waals surface area contributed by atoms with Gasteiger partial charge in [-0.1, -0.05) is 46.0 Å². The summed E-state index contributed by atoms with van der Waals surface area (Å²) in [5.74, 6) is 0.332. The second-order valence-corrected chi connectivity index (χ2v) is 9.65. The molecule has 2 aromatic rings. The molecule has 0 aromatic heterocycles. The molecule has 0 spiro atoms. The van der Waals surface area contributed by atoms with Crippen LogP contribution in [-0.4, -0.2) is 40.3 Å². The minimum absolute atomic E-state index is 0.124. The maximum atomic E-state index is 12.8. The highest BCUT2D eigenvalue weighted by Crippen LogP contribution is 2.36. The molecular formula is C22H18BrN3O5S2. The average molecular weight is 548 g/mol. The van der Waals surface area contributed by atoms with Gasteiger partial charge in [0.2, 0.25) is 12.7 Å². The highest BCUT2D eigenvalue weighted by molar-refractivity contribution is 9.10. The fraction of sp³-hybridized carbons (Fsp3) is 0.182. The number of amides is 3. The van der Waals surface area contributed by atoms with Crippen molar-refractivity contribution in [2.24, 2.45) is 0 Å². The van der Waals surface area contributed by atoms with Gasteiger partial charge < -0.3 is 9.47 Å². The predicted molar refractivity (Wildman–Crippen MR) is 131 cm³/mol. The number of carbonyl (C=O) groups is 3. The number of fused-ring (bicyclic) bond motifs is 1. The minimum atomic E-state index is -0.415. The first-order valence-electron chi connectivity index (χ1n) is 9.90. The topological polar surface area (TPSA) is 97.0 Å². The summed E-state index contributed by atoms with van der Waals surface area (Å²) in [5.41, 5.74) is 5.98. The first-order chi connectivity index (χ1) is 15.9. The number of halogens is 1. The molecule has 33 heavy (non-hydrogen) atoms. The molecule has 0 unspecified atom stereocenters. The fourth-order valence-corrected chi connectivity index (χ4v) is 4.68. The van der Waals surface area contributed by atoms with Gasteiger partial charge in [-0.05, 0) is 54.5 Å². The lowest BCUT2D eigenvalue weighted by Gasteiger charge is -2.14. The molecule has 2 aliphatic rings. The maximum Gasteiger partial charge on any atom is 0.269 e. The van der Waals surface area contributed by atoms with Crippen LogP contribution < -0.4 is 20.3 Å². The first kappa shape index (κ1) is 23.3. The van der Waals surface area contributed by atoms with Crippen LogP contribution in [-0.2, 0) is 9.59 Å². The molecule has 2 N–H and O–H groups in total. The summed E-state index contributed by atoms with van der Waals surface area (Å²) in [4.78, 5) is 38.8. The lowest BCUT2D eigenvalue weighted by molar-refractivity contribution is -0.124. The zero-order valence-corrected chi connectivity index (χ0v) is 20.3. The maximum absolute atomic E-state index is 12.8. The largest absolute Gasteiger partial charge is 0.454 e. The Morgan fingerprint density at radius 2 is 1.88 bits per heavy atom. The molecule has 0 bridgehead atoms. The number of hydrazine groups is 1. The molecule has 2 heterocycles. The Morgan fingerprint density at radius 1 is 1.12 bits per heavy atom. The molecule has 0 radical (unpaired) electrons. The standard InChI is InChI=1S/C22H18BrN3O5S2/c23-15-6-4-14(5-7-15)20(28)25-24-19(27)2-1-9-26-21(29)18(33-22(26)32)11-13-3-8-16-17(10-13)31-12-30-16/h3-8,10-11H,1-2,9,12H2,(H,24,27)(H,25,28). The number of rotatable bonds is 6. The number of thioether (sulfide) groups is 1. The van der Waals surface area contributed by atoms with Gasteiger partial charge in [-0.25, -0.2) is 0 Å². The van der Waals surface area contributed by atoms with Gasteiger partial charge in [0.1, 0.15) is 4.32 Å². The molecule has 0 saturated carbocycles. The van der Waals surface area contributed by atoms with E-state index in [0.717, 1.165) is 10.0 Å². The van der Waals surface area contributed by atoms with Gasteiger partial charge >= 0.3 is 0 Å². The molecule has 170 valence electrons. The number of carbonyl (C=O) groups excluding carboxylic acids is 3. The normalized spacial score (nSPS) is 15.8.